The molecule has 0 aromatic heterocycles. The third-order valence-corrected chi connectivity index (χ3v) is 6.40. The number of fused-ring (bicyclic) bond motifs is 1. The average Bonchev–Trinajstić information content (AvgIpc) is 2.72. The lowest BCUT2D eigenvalue weighted by Crippen LogP contribution is -2.39. The molecule has 8 heteroatoms. The van der Waals surface area contributed by atoms with Crippen LogP contribution >= 0.6 is 0 Å². The number of amides is 1. The van der Waals surface area contributed by atoms with E-state index in [1.54, 1.807) is 25.1 Å². The normalized spacial score (nSPS) is 13.2. The molecule has 0 bridgehead atoms. The Morgan fingerprint density at radius 1 is 1.07 bits per heavy atom. The fourth-order valence-electron chi connectivity index (χ4n) is 2.98. The highest BCUT2D eigenvalue weighted by atomic mass is 32.2. The summed E-state index contributed by atoms with van der Waals surface area (Å²) in [5.74, 6) is 0.866. The van der Waals surface area contributed by atoms with Gasteiger partial charge in [0, 0.05) is 11.8 Å². The van der Waals surface area contributed by atoms with Crippen molar-refractivity contribution in [2.75, 3.05) is 35.1 Å². The van der Waals surface area contributed by atoms with Crippen molar-refractivity contribution in [3.8, 4) is 11.5 Å². The highest BCUT2D eigenvalue weighted by molar-refractivity contribution is 7.92. The van der Waals surface area contributed by atoms with Gasteiger partial charge < -0.3 is 14.8 Å². The molecule has 0 spiro atoms. The molecule has 1 aliphatic heterocycles. The standard InChI is InChI=1S/C21H26N2O5S/c1-4-29(25,26)23(18-9-10-19-20(13-18)28-12-11-27-19)14-21(24)22-17-7-5-16(6-8-17)15(2)3/h5-10,13,15H,4,11-12,14H2,1-3H3,(H,22,24). The van der Waals surface area contributed by atoms with Crippen LogP contribution in [0, 0.1) is 0 Å². The van der Waals surface area contributed by atoms with Gasteiger partial charge in [-0.15, -0.1) is 0 Å². The van der Waals surface area contributed by atoms with Crippen LogP contribution in [0.4, 0.5) is 11.4 Å². The van der Waals surface area contributed by atoms with Gasteiger partial charge in [-0.3, -0.25) is 9.10 Å². The van der Waals surface area contributed by atoms with Crippen LogP contribution < -0.4 is 19.1 Å². The largest absolute Gasteiger partial charge is 0.486 e. The van der Waals surface area contributed by atoms with E-state index in [0.717, 1.165) is 9.87 Å². The molecule has 0 aliphatic carbocycles. The van der Waals surface area contributed by atoms with E-state index in [0.29, 0.717) is 42.0 Å². The second kappa shape index (κ2) is 8.73. The van der Waals surface area contributed by atoms with Crippen LogP contribution in [0.2, 0.25) is 0 Å². The zero-order valence-corrected chi connectivity index (χ0v) is 17.7. The van der Waals surface area contributed by atoms with Crippen LogP contribution in [0.3, 0.4) is 0 Å². The molecule has 1 amide bonds. The number of rotatable bonds is 7. The van der Waals surface area contributed by atoms with Gasteiger partial charge >= 0.3 is 0 Å². The number of nitrogens with zero attached hydrogens (tertiary/aromatic N) is 1. The monoisotopic (exact) mass is 418 g/mol. The number of anilines is 2. The van der Waals surface area contributed by atoms with Crippen LogP contribution in [-0.4, -0.2) is 39.8 Å². The van der Waals surface area contributed by atoms with Gasteiger partial charge in [0.2, 0.25) is 15.9 Å². The van der Waals surface area contributed by atoms with E-state index in [4.69, 9.17) is 9.47 Å². The van der Waals surface area contributed by atoms with E-state index < -0.39 is 15.9 Å². The molecule has 156 valence electrons. The molecule has 0 saturated heterocycles. The number of nitrogens with one attached hydrogen (secondary N) is 1. The number of sulfonamides is 1. The predicted molar refractivity (Wildman–Crippen MR) is 113 cm³/mol. The van der Waals surface area contributed by atoms with Crippen LogP contribution in [-0.2, 0) is 14.8 Å². The minimum absolute atomic E-state index is 0.127. The lowest BCUT2D eigenvalue weighted by atomic mass is 10.0. The summed E-state index contributed by atoms with van der Waals surface area (Å²) in [7, 11) is -3.67. The maximum absolute atomic E-state index is 12.6. The molecule has 1 N–H and O–H groups in total. The Hall–Kier alpha value is -2.74. The van der Waals surface area contributed by atoms with Crippen LogP contribution in [0.5, 0.6) is 11.5 Å². The first-order chi connectivity index (χ1) is 13.8. The molecular formula is C21H26N2O5S. The molecule has 0 atom stereocenters. The molecule has 0 fully saturated rings. The summed E-state index contributed by atoms with van der Waals surface area (Å²) in [4.78, 5) is 12.6. The summed E-state index contributed by atoms with van der Waals surface area (Å²) in [5.41, 5.74) is 2.14. The third kappa shape index (κ3) is 5.00. The van der Waals surface area contributed by atoms with Crippen LogP contribution in [0.25, 0.3) is 0 Å². The van der Waals surface area contributed by atoms with E-state index in [-0.39, 0.29) is 12.3 Å². The van der Waals surface area contributed by atoms with Crippen molar-refractivity contribution >= 4 is 27.3 Å². The first kappa shape index (κ1) is 21.0. The van der Waals surface area contributed by atoms with E-state index >= 15 is 0 Å². The molecule has 2 aromatic rings. The SMILES string of the molecule is CCS(=O)(=O)N(CC(=O)Nc1ccc(C(C)C)cc1)c1ccc2c(c1)OCCO2. The minimum atomic E-state index is -3.67. The Bertz CT molecular complexity index is 971. The van der Waals surface area contributed by atoms with Crippen molar-refractivity contribution < 1.29 is 22.7 Å². The summed E-state index contributed by atoms with van der Waals surface area (Å²) in [6.07, 6.45) is 0. The fraction of sp³-hybridized carbons (Fsp3) is 0.381. The second-order valence-electron chi connectivity index (χ2n) is 7.06. The molecule has 0 saturated carbocycles. The van der Waals surface area contributed by atoms with Gasteiger partial charge in [-0.05, 0) is 42.7 Å². The van der Waals surface area contributed by atoms with Crippen molar-refractivity contribution in [2.24, 2.45) is 0 Å². The molecule has 3 rings (SSSR count). The molecule has 1 aliphatic rings. The molecule has 7 nitrogen and oxygen atoms in total. The van der Waals surface area contributed by atoms with Crippen molar-refractivity contribution in [3.63, 3.8) is 0 Å². The Morgan fingerprint density at radius 2 is 1.72 bits per heavy atom. The lowest BCUT2D eigenvalue weighted by molar-refractivity contribution is -0.114. The van der Waals surface area contributed by atoms with Gasteiger partial charge in [-0.25, -0.2) is 8.42 Å². The van der Waals surface area contributed by atoms with Gasteiger partial charge in [0.25, 0.3) is 0 Å². The Morgan fingerprint density at radius 3 is 2.34 bits per heavy atom. The lowest BCUT2D eigenvalue weighted by Gasteiger charge is -2.25. The predicted octanol–water partition coefficient (Wildman–Crippen LogP) is 3.38. The smallest absolute Gasteiger partial charge is 0.245 e. The molecule has 0 radical (unpaired) electrons. The van der Waals surface area contributed by atoms with Crippen molar-refractivity contribution in [1.29, 1.82) is 0 Å². The first-order valence-electron chi connectivity index (χ1n) is 9.60. The highest BCUT2D eigenvalue weighted by Crippen LogP contribution is 2.34. The second-order valence-corrected chi connectivity index (χ2v) is 9.24. The third-order valence-electron chi connectivity index (χ3n) is 4.66. The van der Waals surface area contributed by atoms with E-state index in [2.05, 4.69) is 19.2 Å². The van der Waals surface area contributed by atoms with Crippen LogP contribution in [0.15, 0.2) is 42.5 Å². The minimum Gasteiger partial charge on any atom is -0.486 e. The van der Waals surface area contributed by atoms with E-state index in [1.165, 1.54) is 0 Å². The zero-order valence-electron chi connectivity index (χ0n) is 16.8. The summed E-state index contributed by atoms with van der Waals surface area (Å²) < 4.78 is 37.4. The Kier molecular flexibility index (Phi) is 6.32. The van der Waals surface area contributed by atoms with Gasteiger partial charge in [-0.1, -0.05) is 26.0 Å². The molecule has 29 heavy (non-hydrogen) atoms. The van der Waals surface area contributed by atoms with Crippen LogP contribution in [0.1, 0.15) is 32.3 Å². The van der Waals surface area contributed by atoms with Gasteiger partial charge in [-0.2, -0.15) is 0 Å². The topological polar surface area (TPSA) is 84.9 Å². The van der Waals surface area contributed by atoms with Crippen molar-refractivity contribution in [2.45, 2.75) is 26.7 Å². The number of carbonyl (C=O) groups is 1. The maximum atomic E-state index is 12.6. The molecular weight excluding hydrogens is 392 g/mol. The Balaban J connectivity index is 1.80. The summed E-state index contributed by atoms with van der Waals surface area (Å²) in [5, 5.41) is 2.77. The fourth-order valence-corrected chi connectivity index (χ4v) is 4.04. The Labute approximate surface area is 171 Å². The average molecular weight is 419 g/mol. The molecule has 1 heterocycles. The summed E-state index contributed by atoms with van der Waals surface area (Å²) in [6.45, 7) is 6.23. The zero-order chi connectivity index (χ0) is 21.0. The maximum Gasteiger partial charge on any atom is 0.245 e. The number of hydrogen-bond acceptors (Lipinski definition) is 5. The summed E-state index contributed by atoms with van der Waals surface area (Å²) in [6, 6.07) is 12.4. The van der Waals surface area contributed by atoms with Gasteiger partial charge in [0.05, 0.1) is 11.4 Å². The number of benzene rings is 2. The number of hydrogen-bond donors (Lipinski definition) is 1. The van der Waals surface area contributed by atoms with Crippen molar-refractivity contribution in [1.82, 2.24) is 0 Å². The first-order valence-corrected chi connectivity index (χ1v) is 11.2. The molecule has 0 unspecified atom stereocenters. The number of carbonyl (C=O) groups excluding carboxylic acids is 1. The summed E-state index contributed by atoms with van der Waals surface area (Å²) >= 11 is 0. The molecule has 2 aromatic carbocycles. The number of ether oxygens (including phenoxy) is 2. The van der Waals surface area contributed by atoms with Gasteiger partial charge in [0.1, 0.15) is 19.8 Å². The quantitative estimate of drug-likeness (QED) is 0.745. The van der Waals surface area contributed by atoms with Gasteiger partial charge in [0.15, 0.2) is 11.5 Å². The van der Waals surface area contributed by atoms with E-state index in [1.807, 2.05) is 24.3 Å². The van der Waals surface area contributed by atoms with Crippen molar-refractivity contribution in [3.05, 3.63) is 48.0 Å². The van der Waals surface area contributed by atoms with E-state index in [9.17, 15) is 13.2 Å². The highest BCUT2D eigenvalue weighted by Gasteiger charge is 2.25.